The summed E-state index contributed by atoms with van der Waals surface area (Å²) in [5.41, 5.74) is 6.29. The Morgan fingerprint density at radius 1 is 1.38 bits per heavy atom. The maximum Gasteiger partial charge on any atom is 0.234 e. The molecule has 0 unspecified atom stereocenters. The summed E-state index contributed by atoms with van der Waals surface area (Å²) in [5.74, 6) is -0.384. The molecule has 3 rings (SSSR count). The standard InChI is InChI=1S/C9H6FN5S/c10-7-3-5(11)1-2-6(7)8-14-15-4-12-13-9(15)16-8/h1-4H,11H2. The molecule has 0 aliphatic carbocycles. The van der Waals surface area contributed by atoms with Crippen molar-refractivity contribution in [1.29, 1.82) is 0 Å². The van der Waals surface area contributed by atoms with Gasteiger partial charge in [0.1, 0.15) is 12.1 Å². The first kappa shape index (κ1) is 9.22. The lowest BCUT2D eigenvalue weighted by molar-refractivity contribution is 0.631. The van der Waals surface area contributed by atoms with E-state index in [1.807, 2.05) is 0 Å². The Morgan fingerprint density at radius 3 is 3.00 bits per heavy atom. The Bertz CT molecular complexity index is 630. The highest BCUT2D eigenvalue weighted by Gasteiger charge is 2.11. The fourth-order valence-electron chi connectivity index (χ4n) is 1.37. The van der Waals surface area contributed by atoms with Gasteiger partial charge in [-0.25, -0.2) is 4.39 Å². The molecule has 0 saturated heterocycles. The Kier molecular flexibility index (Phi) is 1.87. The van der Waals surface area contributed by atoms with Crippen molar-refractivity contribution in [2.24, 2.45) is 0 Å². The number of rotatable bonds is 1. The first-order valence-corrected chi connectivity index (χ1v) is 5.28. The molecule has 2 aromatic heterocycles. The summed E-state index contributed by atoms with van der Waals surface area (Å²) in [7, 11) is 0. The zero-order valence-corrected chi connectivity index (χ0v) is 8.78. The van der Waals surface area contributed by atoms with E-state index in [9.17, 15) is 4.39 Å². The summed E-state index contributed by atoms with van der Waals surface area (Å²) in [6.45, 7) is 0. The average molecular weight is 235 g/mol. The van der Waals surface area contributed by atoms with Gasteiger partial charge in [0.2, 0.25) is 4.96 Å². The number of nitrogens with zero attached hydrogens (tertiary/aromatic N) is 4. The average Bonchev–Trinajstić information content (AvgIpc) is 2.76. The Morgan fingerprint density at radius 2 is 2.25 bits per heavy atom. The molecule has 0 fully saturated rings. The van der Waals surface area contributed by atoms with Crippen LogP contribution in [-0.4, -0.2) is 19.8 Å². The molecule has 80 valence electrons. The predicted octanol–water partition coefficient (Wildman–Crippen LogP) is 1.57. The SMILES string of the molecule is Nc1ccc(-c2nn3cnnc3s2)c(F)c1. The smallest absolute Gasteiger partial charge is 0.234 e. The molecule has 0 saturated carbocycles. The Hall–Kier alpha value is -2.02. The van der Waals surface area contributed by atoms with Gasteiger partial charge in [0.15, 0.2) is 5.01 Å². The number of hydrogen-bond donors (Lipinski definition) is 1. The van der Waals surface area contributed by atoms with E-state index in [1.54, 1.807) is 12.1 Å². The van der Waals surface area contributed by atoms with Crippen LogP contribution >= 0.6 is 11.3 Å². The van der Waals surface area contributed by atoms with Crippen molar-refractivity contribution in [2.45, 2.75) is 0 Å². The molecular formula is C9H6FN5S. The van der Waals surface area contributed by atoms with Gasteiger partial charge < -0.3 is 5.73 Å². The van der Waals surface area contributed by atoms with E-state index in [1.165, 1.54) is 28.2 Å². The molecule has 7 heteroatoms. The Balaban J connectivity index is 2.19. The molecular weight excluding hydrogens is 229 g/mol. The number of hydrogen-bond acceptors (Lipinski definition) is 5. The highest BCUT2D eigenvalue weighted by atomic mass is 32.1. The molecule has 5 nitrogen and oxygen atoms in total. The van der Waals surface area contributed by atoms with E-state index in [4.69, 9.17) is 5.73 Å². The fraction of sp³-hybridized carbons (Fsp3) is 0. The summed E-state index contributed by atoms with van der Waals surface area (Å²) in [5, 5.41) is 12.2. The quantitative estimate of drug-likeness (QED) is 0.650. The molecule has 0 amide bonds. The van der Waals surface area contributed by atoms with Crippen molar-refractivity contribution >= 4 is 22.0 Å². The van der Waals surface area contributed by atoms with E-state index < -0.39 is 0 Å². The van der Waals surface area contributed by atoms with Gasteiger partial charge in [0.25, 0.3) is 0 Å². The predicted molar refractivity (Wildman–Crippen MR) is 58.5 cm³/mol. The van der Waals surface area contributed by atoms with Crippen molar-refractivity contribution in [3.8, 4) is 10.6 Å². The molecule has 0 bridgehead atoms. The van der Waals surface area contributed by atoms with E-state index >= 15 is 0 Å². The first-order chi connectivity index (χ1) is 7.74. The molecule has 2 heterocycles. The monoisotopic (exact) mass is 235 g/mol. The lowest BCUT2D eigenvalue weighted by Gasteiger charge is -1.98. The van der Waals surface area contributed by atoms with Crippen LogP contribution in [0.4, 0.5) is 10.1 Å². The molecule has 1 aromatic carbocycles. The third kappa shape index (κ3) is 1.33. The largest absolute Gasteiger partial charge is 0.399 e. The van der Waals surface area contributed by atoms with Gasteiger partial charge in [-0.15, -0.1) is 10.2 Å². The van der Waals surface area contributed by atoms with Crippen LogP contribution < -0.4 is 5.73 Å². The lowest BCUT2D eigenvalue weighted by Crippen LogP contribution is -1.90. The number of fused-ring (bicyclic) bond motifs is 1. The van der Waals surface area contributed by atoms with Gasteiger partial charge in [0, 0.05) is 11.3 Å². The van der Waals surface area contributed by atoms with Crippen molar-refractivity contribution < 1.29 is 4.39 Å². The van der Waals surface area contributed by atoms with Crippen LogP contribution in [0.3, 0.4) is 0 Å². The molecule has 0 aliphatic heterocycles. The minimum absolute atomic E-state index is 0.384. The van der Waals surface area contributed by atoms with Crippen LogP contribution in [0.2, 0.25) is 0 Å². The number of halogens is 1. The lowest BCUT2D eigenvalue weighted by atomic mass is 10.2. The third-order valence-electron chi connectivity index (χ3n) is 2.11. The molecule has 0 radical (unpaired) electrons. The summed E-state index contributed by atoms with van der Waals surface area (Å²) in [6.07, 6.45) is 1.48. The molecule has 16 heavy (non-hydrogen) atoms. The van der Waals surface area contributed by atoms with Gasteiger partial charge in [0.05, 0.1) is 0 Å². The highest BCUT2D eigenvalue weighted by molar-refractivity contribution is 7.19. The second kappa shape index (κ2) is 3.24. The minimum atomic E-state index is -0.384. The van der Waals surface area contributed by atoms with Crippen LogP contribution in [0, 0.1) is 5.82 Å². The number of aromatic nitrogens is 4. The summed E-state index contributed by atoms with van der Waals surface area (Å²) in [4.78, 5) is 0.631. The number of anilines is 1. The zero-order valence-electron chi connectivity index (χ0n) is 7.96. The van der Waals surface area contributed by atoms with Crippen molar-refractivity contribution in [1.82, 2.24) is 19.8 Å². The normalized spacial score (nSPS) is 11.1. The van der Waals surface area contributed by atoms with E-state index in [2.05, 4.69) is 15.3 Å². The molecule has 2 N–H and O–H groups in total. The fourth-order valence-corrected chi connectivity index (χ4v) is 2.22. The molecule has 0 aliphatic rings. The van der Waals surface area contributed by atoms with Gasteiger partial charge in [-0.05, 0) is 18.2 Å². The second-order valence-corrected chi connectivity index (χ2v) is 4.16. The van der Waals surface area contributed by atoms with Crippen molar-refractivity contribution in [2.75, 3.05) is 5.73 Å². The number of benzene rings is 1. The third-order valence-corrected chi connectivity index (χ3v) is 3.06. The van der Waals surface area contributed by atoms with Crippen LogP contribution in [-0.2, 0) is 0 Å². The highest BCUT2D eigenvalue weighted by Crippen LogP contribution is 2.27. The van der Waals surface area contributed by atoms with Crippen LogP contribution in [0.1, 0.15) is 0 Å². The molecule has 0 spiro atoms. The van der Waals surface area contributed by atoms with Crippen LogP contribution in [0.5, 0.6) is 0 Å². The van der Waals surface area contributed by atoms with Gasteiger partial charge in [-0.2, -0.15) is 9.61 Å². The van der Waals surface area contributed by atoms with Gasteiger partial charge in [-0.1, -0.05) is 11.3 Å². The summed E-state index contributed by atoms with van der Waals surface area (Å²) in [6, 6.07) is 4.52. The van der Waals surface area contributed by atoms with Crippen LogP contribution in [0.25, 0.3) is 15.5 Å². The van der Waals surface area contributed by atoms with E-state index in [0.29, 0.717) is 21.2 Å². The molecule has 3 aromatic rings. The maximum atomic E-state index is 13.6. The van der Waals surface area contributed by atoms with Gasteiger partial charge in [-0.3, -0.25) is 0 Å². The molecule has 0 atom stereocenters. The second-order valence-electron chi connectivity index (χ2n) is 3.20. The van der Waals surface area contributed by atoms with Gasteiger partial charge >= 0.3 is 0 Å². The van der Waals surface area contributed by atoms with E-state index in [-0.39, 0.29) is 5.82 Å². The maximum absolute atomic E-state index is 13.6. The number of nitrogens with two attached hydrogens (primary N) is 1. The van der Waals surface area contributed by atoms with E-state index in [0.717, 1.165) is 0 Å². The summed E-state index contributed by atoms with van der Waals surface area (Å²) < 4.78 is 15.1. The first-order valence-electron chi connectivity index (χ1n) is 4.46. The topological polar surface area (TPSA) is 69.1 Å². The summed E-state index contributed by atoms with van der Waals surface area (Å²) >= 11 is 1.27. The zero-order chi connectivity index (χ0) is 11.1. The van der Waals surface area contributed by atoms with Crippen molar-refractivity contribution in [3.05, 3.63) is 30.3 Å². The Labute approximate surface area is 93.3 Å². The minimum Gasteiger partial charge on any atom is -0.399 e. The number of nitrogen functional groups attached to an aromatic ring is 1. The van der Waals surface area contributed by atoms with Crippen LogP contribution in [0.15, 0.2) is 24.5 Å². The van der Waals surface area contributed by atoms with Crippen molar-refractivity contribution in [3.63, 3.8) is 0 Å².